The number of benzene rings is 1. The number of amides is 1. The van der Waals surface area contributed by atoms with Crippen molar-refractivity contribution in [2.24, 2.45) is 5.92 Å². The first kappa shape index (κ1) is 14.5. The summed E-state index contributed by atoms with van der Waals surface area (Å²) in [6.07, 6.45) is 3.27. The van der Waals surface area contributed by atoms with Gasteiger partial charge >= 0.3 is 10.1 Å². The molecule has 1 heterocycles. The van der Waals surface area contributed by atoms with Gasteiger partial charge in [0.2, 0.25) is 5.91 Å². The van der Waals surface area contributed by atoms with E-state index in [4.69, 9.17) is 0 Å². The Bertz CT molecular complexity index is 649. The molecule has 0 spiro atoms. The number of hydrogen-bond donors (Lipinski definition) is 1. The molecule has 1 saturated heterocycles. The Morgan fingerprint density at radius 1 is 1.35 bits per heavy atom. The molecule has 1 aliphatic rings. The zero-order valence-corrected chi connectivity index (χ0v) is 11.6. The van der Waals surface area contributed by atoms with E-state index in [1.165, 1.54) is 12.2 Å². The Kier molecular flexibility index (Phi) is 4.06. The molecule has 1 N–H and O–H groups in total. The van der Waals surface area contributed by atoms with Gasteiger partial charge in [-0.05, 0) is 18.1 Å². The largest absolute Gasteiger partial charge is 0.310 e. The Morgan fingerprint density at radius 2 is 2.00 bits per heavy atom. The van der Waals surface area contributed by atoms with Crippen molar-refractivity contribution in [1.29, 1.82) is 0 Å². The van der Waals surface area contributed by atoms with Gasteiger partial charge in [0.25, 0.3) is 0 Å². The van der Waals surface area contributed by atoms with Gasteiger partial charge in [-0.1, -0.05) is 36.4 Å². The Hall–Kier alpha value is -1.92. The van der Waals surface area contributed by atoms with Crippen molar-refractivity contribution in [3.8, 4) is 0 Å². The summed E-state index contributed by atoms with van der Waals surface area (Å²) in [5, 5.41) is -0.391. The SMILES string of the molecule is C=CC1CCN(C(=Cc2ccccc2)S(=O)(=O)O)C1=O. The number of rotatable bonds is 4. The first-order valence-corrected chi connectivity index (χ1v) is 7.55. The number of carbonyl (C=O) groups is 1. The van der Waals surface area contributed by atoms with Crippen LogP contribution < -0.4 is 0 Å². The fraction of sp³-hybridized carbons (Fsp3) is 0.214. The van der Waals surface area contributed by atoms with E-state index in [-0.39, 0.29) is 12.5 Å². The van der Waals surface area contributed by atoms with Crippen LogP contribution in [0.3, 0.4) is 0 Å². The lowest BCUT2D eigenvalue weighted by Gasteiger charge is -2.17. The third-order valence-corrected chi connectivity index (χ3v) is 4.02. The minimum absolute atomic E-state index is 0.244. The van der Waals surface area contributed by atoms with E-state index in [1.807, 2.05) is 0 Å². The van der Waals surface area contributed by atoms with Crippen molar-refractivity contribution >= 4 is 22.1 Å². The molecule has 6 heteroatoms. The molecule has 20 heavy (non-hydrogen) atoms. The highest BCUT2D eigenvalue weighted by atomic mass is 32.2. The highest BCUT2D eigenvalue weighted by molar-refractivity contribution is 7.89. The van der Waals surface area contributed by atoms with Gasteiger partial charge in [0.1, 0.15) is 0 Å². The van der Waals surface area contributed by atoms with Crippen molar-refractivity contribution < 1.29 is 17.8 Å². The Morgan fingerprint density at radius 3 is 2.50 bits per heavy atom. The molecule has 1 atom stereocenters. The zero-order valence-electron chi connectivity index (χ0n) is 10.8. The van der Waals surface area contributed by atoms with Crippen LogP contribution >= 0.6 is 0 Å². The van der Waals surface area contributed by atoms with Gasteiger partial charge in [-0.2, -0.15) is 8.42 Å². The molecule has 0 radical (unpaired) electrons. The van der Waals surface area contributed by atoms with E-state index in [9.17, 15) is 17.8 Å². The summed E-state index contributed by atoms with van der Waals surface area (Å²) in [4.78, 5) is 13.1. The van der Waals surface area contributed by atoms with Crippen LogP contribution in [-0.4, -0.2) is 30.3 Å². The smallest absolute Gasteiger partial charge is 0.300 e. The first-order chi connectivity index (χ1) is 9.43. The molecular formula is C14H15NO4S. The maximum Gasteiger partial charge on any atom is 0.310 e. The minimum Gasteiger partial charge on any atom is -0.300 e. The molecule has 106 valence electrons. The number of carbonyl (C=O) groups excluding carboxylic acids is 1. The summed E-state index contributed by atoms with van der Waals surface area (Å²) in [5.74, 6) is -0.768. The van der Waals surface area contributed by atoms with Gasteiger partial charge in [-0.3, -0.25) is 9.35 Å². The van der Waals surface area contributed by atoms with E-state index in [1.54, 1.807) is 30.3 Å². The second kappa shape index (κ2) is 5.60. The summed E-state index contributed by atoms with van der Waals surface area (Å²) >= 11 is 0. The fourth-order valence-electron chi connectivity index (χ4n) is 2.12. The normalized spacial score (nSPS) is 20.2. The van der Waals surface area contributed by atoms with E-state index >= 15 is 0 Å². The van der Waals surface area contributed by atoms with Crippen LogP contribution in [0.2, 0.25) is 0 Å². The Balaban J connectivity index is 2.43. The highest BCUT2D eigenvalue weighted by Crippen LogP contribution is 2.26. The van der Waals surface area contributed by atoms with Gasteiger partial charge in [0.05, 0.1) is 5.92 Å². The van der Waals surface area contributed by atoms with Crippen LogP contribution in [0.5, 0.6) is 0 Å². The number of hydrogen-bond acceptors (Lipinski definition) is 3. The molecule has 0 saturated carbocycles. The summed E-state index contributed by atoms with van der Waals surface area (Å²) in [6, 6.07) is 8.66. The lowest BCUT2D eigenvalue weighted by atomic mass is 10.1. The molecule has 2 rings (SSSR count). The molecule has 1 aliphatic heterocycles. The molecule has 0 bridgehead atoms. The van der Waals surface area contributed by atoms with E-state index in [0.29, 0.717) is 12.0 Å². The molecule has 1 unspecified atom stereocenters. The summed E-state index contributed by atoms with van der Waals surface area (Å²) in [7, 11) is -4.48. The van der Waals surface area contributed by atoms with Crippen molar-refractivity contribution in [3.63, 3.8) is 0 Å². The molecule has 0 aliphatic carbocycles. The van der Waals surface area contributed by atoms with Crippen LogP contribution in [0.1, 0.15) is 12.0 Å². The summed E-state index contributed by atoms with van der Waals surface area (Å²) in [6.45, 7) is 3.80. The fourth-order valence-corrected chi connectivity index (χ4v) is 2.87. The number of likely N-dealkylation sites (tertiary alicyclic amines) is 1. The van der Waals surface area contributed by atoms with Gasteiger partial charge in [0.15, 0.2) is 5.03 Å². The molecule has 0 aromatic heterocycles. The van der Waals surface area contributed by atoms with Crippen LogP contribution in [0.25, 0.3) is 6.08 Å². The van der Waals surface area contributed by atoms with Gasteiger partial charge < -0.3 is 4.90 Å². The first-order valence-electron chi connectivity index (χ1n) is 6.11. The maximum atomic E-state index is 12.1. The maximum absolute atomic E-state index is 12.1. The quantitative estimate of drug-likeness (QED) is 0.679. The monoisotopic (exact) mass is 293 g/mol. The van der Waals surface area contributed by atoms with E-state index in [0.717, 1.165) is 4.90 Å². The third kappa shape index (κ3) is 2.97. The predicted octanol–water partition coefficient (Wildman–Crippen LogP) is 1.91. The predicted molar refractivity (Wildman–Crippen MR) is 76.0 cm³/mol. The van der Waals surface area contributed by atoms with Crippen molar-refractivity contribution in [2.45, 2.75) is 6.42 Å². The molecule has 1 aromatic rings. The molecular weight excluding hydrogens is 278 g/mol. The highest BCUT2D eigenvalue weighted by Gasteiger charge is 2.35. The summed E-state index contributed by atoms with van der Waals surface area (Å²) in [5.41, 5.74) is 0.593. The topological polar surface area (TPSA) is 74.7 Å². The average molecular weight is 293 g/mol. The molecule has 1 aromatic carbocycles. The van der Waals surface area contributed by atoms with Crippen molar-refractivity contribution in [2.75, 3.05) is 6.54 Å². The van der Waals surface area contributed by atoms with Gasteiger partial charge in [0, 0.05) is 6.54 Å². The Labute approximate surface area is 118 Å². The zero-order chi connectivity index (χ0) is 14.8. The van der Waals surface area contributed by atoms with Crippen LogP contribution in [0.4, 0.5) is 0 Å². The van der Waals surface area contributed by atoms with Crippen LogP contribution in [0, 0.1) is 5.92 Å². The minimum atomic E-state index is -4.48. The molecule has 1 amide bonds. The van der Waals surface area contributed by atoms with Crippen LogP contribution in [-0.2, 0) is 14.9 Å². The van der Waals surface area contributed by atoms with E-state index < -0.39 is 21.1 Å². The lowest BCUT2D eigenvalue weighted by molar-refractivity contribution is -0.127. The van der Waals surface area contributed by atoms with Crippen molar-refractivity contribution in [3.05, 3.63) is 53.6 Å². The van der Waals surface area contributed by atoms with Gasteiger partial charge in [-0.25, -0.2) is 0 Å². The average Bonchev–Trinajstić information content (AvgIpc) is 2.77. The standard InChI is InChI=1S/C14H15NO4S/c1-2-12-8-9-15(14(12)16)13(20(17,18)19)10-11-6-4-3-5-7-11/h2-7,10,12H,1,8-9H2,(H,17,18,19). The van der Waals surface area contributed by atoms with Crippen LogP contribution in [0.15, 0.2) is 48.0 Å². The molecule has 5 nitrogen and oxygen atoms in total. The second-order valence-corrected chi connectivity index (χ2v) is 5.86. The van der Waals surface area contributed by atoms with E-state index in [2.05, 4.69) is 6.58 Å². The lowest BCUT2D eigenvalue weighted by Crippen LogP contribution is -2.30. The second-order valence-electron chi connectivity index (χ2n) is 4.49. The summed E-state index contributed by atoms with van der Waals surface area (Å²) < 4.78 is 32.4. The molecule has 1 fully saturated rings. The van der Waals surface area contributed by atoms with Crippen molar-refractivity contribution in [1.82, 2.24) is 4.90 Å². The number of nitrogens with zero attached hydrogens (tertiary/aromatic N) is 1. The third-order valence-electron chi connectivity index (χ3n) is 3.15. The van der Waals surface area contributed by atoms with Gasteiger partial charge in [-0.15, -0.1) is 6.58 Å².